The predicted molar refractivity (Wildman–Crippen MR) is 101 cm³/mol. The number of nitrogens with one attached hydrogen (secondary N) is 1. The van der Waals surface area contributed by atoms with E-state index in [1.165, 1.54) is 12.8 Å². The first kappa shape index (κ1) is 16.7. The summed E-state index contributed by atoms with van der Waals surface area (Å²) in [5.41, 5.74) is 4.86. The standard InChI is InChI=1S/C20H23N5O/c1-11-10-21-25(14(4)15-5-6-15)19(11)24-20(26)16-7-8-17-18(9-16)23-13(3)12(2)22-17/h7-10,14-15H,5-6H2,1-4H3,(H,24,26). The van der Waals surface area contributed by atoms with Crippen molar-refractivity contribution in [2.24, 2.45) is 5.92 Å². The van der Waals surface area contributed by atoms with Crippen molar-refractivity contribution in [1.82, 2.24) is 19.7 Å². The Hall–Kier alpha value is -2.76. The number of hydrogen-bond donors (Lipinski definition) is 1. The second-order valence-electron chi connectivity index (χ2n) is 7.25. The van der Waals surface area contributed by atoms with Gasteiger partial charge in [-0.1, -0.05) is 0 Å². The van der Waals surface area contributed by atoms with Crippen LogP contribution in [0.15, 0.2) is 24.4 Å². The number of aryl methyl sites for hydroxylation is 3. The fraction of sp³-hybridized carbons (Fsp3) is 0.400. The monoisotopic (exact) mass is 349 g/mol. The first-order valence-corrected chi connectivity index (χ1v) is 9.04. The summed E-state index contributed by atoms with van der Waals surface area (Å²) in [6, 6.07) is 5.74. The van der Waals surface area contributed by atoms with Gasteiger partial charge >= 0.3 is 0 Å². The van der Waals surface area contributed by atoms with Crippen LogP contribution in [0.4, 0.5) is 5.82 Å². The van der Waals surface area contributed by atoms with Crippen molar-refractivity contribution in [3.8, 4) is 0 Å². The molecule has 3 aromatic rings. The highest BCUT2D eigenvalue weighted by molar-refractivity contribution is 6.05. The molecule has 1 unspecified atom stereocenters. The summed E-state index contributed by atoms with van der Waals surface area (Å²) in [6.45, 7) is 8.00. The number of rotatable bonds is 4. The topological polar surface area (TPSA) is 72.7 Å². The predicted octanol–water partition coefficient (Wildman–Crippen LogP) is 3.97. The van der Waals surface area contributed by atoms with E-state index in [1.807, 2.05) is 37.7 Å². The summed E-state index contributed by atoms with van der Waals surface area (Å²) in [5.74, 6) is 1.28. The number of carbonyl (C=O) groups is 1. The molecule has 0 spiro atoms. The molecule has 2 heterocycles. The highest BCUT2D eigenvalue weighted by atomic mass is 16.1. The number of anilines is 1. The van der Waals surface area contributed by atoms with Gasteiger partial charge in [0.25, 0.3) is 5.91 Å². The molecule has 0 bridgehead atoms. The molecule has 0 saturated heterocycles. The van der Waals surface area contributed by atoms with Crippen molar-refractivity contribution in [3.63, 3.8) is 0 Å². The van der Waals surface area contributed by atoms with Crippen molar-refractivity contribution >= 4 is 22.8 Å². The zero-order chi connectivity index (χ0) is 18.4. The number of fused-ring (bicyclic) bond motifs is 1. The molecule has 1 fully saturated rings. The third-order valence-corrected chi connectivity index (χ3v) is 5.24. The number of benzene rings is 1. The fourth-order valence-corrected chi connectivity index (χ4v) is 3.24. The van der Waals surface area contributed by atoms with Gasteiger partial charge in [0.15, 0.2) is 0 Å². The zero-order valence-corrected chi connectivity index (χ0v) is 15.6. The van der Waals surface area contributed by atoms with E-state index in [0.29, 0.717) is 17.5 Å². The molecular weight excluding hydrogens is 326 g/mol. The molecule has 134 valence electrons. The quantitative estimate of drug-likeness (QED) is 0.773. The molecule has 1 aliphatic rings. The van der Waals surface area contributed by atoms with Gasteiger partial charge in [0.2, 0.25) is 0 Å². The normalized spacial score (nSPS) is 15.2. The Morgan fingerprint density at radius 2 is 1.85 bits per heavy atom. The molecule has 1 aromatic carbocycles. The van der Waals surface area contributed by atoms with E-state index in [4.69, 9.17) is 0 Å². The van der Waals surface area contributed by atoms with E-state index in [2.05, 4.69) is 27.3 Å². The van der Waals surface area contributed by atoms with Gasteiger partial charge in [-0.15, -0.1) is 0 Å². The minimum absolute atomic E-state index is 0.153. The molecule has 6 heteroatoms. The number of hydrogen-bond acceptors (Lipinski definition) is 4. The maximum absolute atomic E-state index is 12.8. The molecule has 1 N–H and O–H groups in total. The lowest BCUT2D eigenvalue weighted by Gasteiger charge is -2.16. The van der Waals surface area contributed by atoms with E-state index >= 15 is 0 Å². The van der Waals surface area contributed by atoms with Crippen LogP contribution in [0, 0.1) is 26.7 Å². The molecule has 1 atom stereocenters. The first-order valence-electron chi connectivity index (χ1n) is 9.04. The summed E-state index contributed by atoms with van der Waals surface area (Å²) < 4.78 is 1.94. The van der Waals surface area contributed by atoms with Crippen LogP contribution in [-0.2, 0) is 0 Å². The zero-order valence-electron chi connectivity index (χ0n) is 15.6. The van der Waals surface area contributed by atoms with E-state index in [-0.39, 0.29) is 5.91 Å². The lowest BCUT2D eigenvalue weighted by molar-refractivity contribution is 0.102. The van der Waals surface area contributed by atoms with Crippen LogP contribution in [0.25, 0.3) is 11.0 Å². The van der Waals surface area contributed by atoms with Gasteiger partial charge in [0.1, 0.15) is 5.82 Å². The lowest BCUT2D eigenvalue weighted by Crippen LogP contribution is -2.19. The minimum Gasteiger partial charge on any atom is -0.307 e. The highest BCUT2D eigenvalue weighted by Crippen LogP contribution is 2.40. The van der Waals surface area contributed by atoms with Gasteiger partial charge in [-0.3, -0.25) is 4.79 Å². The third kappa shape index (κ3) is 2.96. The van der Waals surface area contributed by atoms with Crippen molar-refractivity contribution in [1.29, 1.82) is 0 Å². The van der Waals surface area contributed by atoms with Crippen LogP contribution in [0.3, 0.4) is 0 Å². The maximum atomic E-state index is 12.8. The van der Waals surface area contributed by atoms with Crippen LogP contribution < -0.4 is 5.32 Å². The Bertz CT molecular complexity index is 1000. The molecule has 0 aliphatic heterocycles. The lowest BCUT2D eigenvalue weighted by atomic mass is 10.1. The van der Waals surface area contributed by atoms with E-state index in [9.17, 15) is 4.79 Å². The Balaban J connectivity index is 1.63. The summed E-state index contributed by atoms with van der Waals surface area (Å²) >= 11 is 0. The smallest absolute Gasteiger partial charge is 0.256 e. The molecule has 6 nitrogen and oxygen atoms in total. The van der Waals surface area contributed by atoms with Crippen LogP contribution in [-0.4, -0.2) is 25.7 Å². The summed E-state index contributed by atoms with van der Waals surface area (Å²) in [7, 11) is 0. The first-order chi connectivity index (χ1) is 12.4. The largest absolute Gasteiger partial charge is 0.307 e. The number of nitrogens with zero attached hydrogens (tertiary/aromatic N) is 4. The van der Waals surface area contributed by atoms with Gasteiger partial charge in [-0.05, 0) is 64.7 Å². The Kier molecular flexibility index (Phi) is 3.98. The molecule has 0 radical (unpaired) electrons. The Morgan fingerprint density at radius 3 is 2.54 bits per heavy atom. The summed E-state index contributed by atoms with van der Waals surface area (Å²) in [4.78, 5) is 21.9. The van der Waals surface area contributed by atoms with Crippen molar-refractivity contribution in [2.75, 3.05) is 5.32 Å². The minimum atomic E-state index is -0.153. The molecule has 1 amide bonds. The third-order valence-electron chi connectivity index (χ3n) is 5.24. The SMILES string of the molecule is Cc1cnn(C(C)C2CC2)c1NC(=O)c1ccc2nc(C)c(C)nc2c1. The Labute approximate surface area is 152 Å². The molecule has 26 heavy (non-hydrogen) atoms. The van der Waals surface area contributed by atoms with E-state index in [1.54, 1.807) is 12.1 Å². The van der Waals surface area contributed by atoms with Gasteiger partial charge < -0.3 is 5.32 Å². The van der Waals surface area contributed by atoms with Crippen molar-refractivity contribution < 1.29 is 4.79 Å². The number of amides is 1. The molecule has 1 saturated carbocycles. The van der Waals surface area contributed by atoms with Crippen molar-refractivity contribution in [2.45, 2.75) is 46.6 Å². The Morgan fingerprint density at radius 1 is 1.15 bits per heavy atom. The second kappa shape index (κ2) is 6.20. The highest BCUT2D eigenvalue weighted by Gasteiger charge is 2.31. The average Bonchev–Trinajstić information content (AvgIpc) is 3.40. The summed E-state index contributed by atoms with van der Waals surface area (Å²) in [6.07, 6.45) is 4.28. The van der Waals surface area contributed by atoms with E-state index < -0.39 is 0 Å². The molecular formula is C20H23N5O. The van der Waals surface area contributed by atoms with Crippen LogP contribution in [0.5, 0.6) is 0 Å². The summed E-state index contributed by atoms with van der Waals surface area (Å²) in [5, 5.41) is 7.52. The second-order valence-corrected chi connectivity index (χ2v) is 7.25. The van der Waals surface area contributed by atoms with Gasteiger partial charge in [0.05, 0.1) is 34.7 Å². The number of aromatic nitrogens is 4. The fourth-order valence-electron chi connectivity index (χ4n) is 3.24. The molecule has 4 rings (SSSR count). The van der Waals surface area contributed by atoms with Gasteiger partial charge in [-0.2, -0.15) is 5.10 Å². The molecule has 1 aliphatic carbocycles. The van der Waals surface area contributed by atoms with Crippen molar-refractivity contribution in [3.05, 3.63) is 46.9 Å². The van der Waals surface area contributed by atoms with Gasteiger partial charge in [0, 0.05) is 11.1 Å². The van der Waals surface area contributed by atoms with Crippen LogP contribution in [0.2, 0.25) is 0 Å². The maximum Gasteiger partial charge on any atom is 0.256 e. The molecule has 2 aromatic heterocycles. The van der Waals surface area contributed by atoms with E-state index in [0.717, 1.165) is 33.8 Å². The van der Waals surface area contributed by atoms with Crippen LogP contribution in [0.1, 0.15) is 53.1 Å². The number of carbonyl (C=O) groups excluding carboxylic acids is 1. The van der Waals surface area contributed by atoms with Crippen LogP contribution >= 0.6 is 0 Å². The average molecular weight is 349 g/mol. The van der Waals surface area contributed by atoms with Gasteiger partial charge in [-0.25, -0.2) is 14.6 Å².